The summed E-state index contributed by atoms with van der Waals surface area (Å²) in [6.45, 7) is 11.0. The second-order valence-electron chi connectivity index (χ2n) is 8.05. The molecule has 0 unspecified atom stereocenters. The number of furan rings is 1. The summed E-state index contributed by atoms with van der Waals surface area (Å²) in [5, 5.41) is 0.447. The predicted molar refractivity (Wildman–Crippen MR) is 123 cm³/mol. The molecule has 0 bridgehead atoms. The lowest BCUT2D eigenvalue weighted by Crippen LogP contribution is -2.55. The van der Waals surface area contributed by atoms with Gasteiger partial charge in [0.05, 0.1) is 5.69 Å². The van der Waals surface area contributed by atoms with Gasteiger partial charge in [0.15, 0.2) is 5.11 Å². The van der Waals surface area contributed by atoms with Crippen molar-refractivity contribution in [1.82, 2.24) is 4.98 Å². The molecule has 2 aliphatic rings. The first-order chi connectivity index (χ1) is 14.9. The van der Waals surface area contributed by atoms with Gasteiger partial charge >= 0.3 is 0 Å². The SMILES string of the molecule is [C-]#[N+]c1ncc(N2C(=O)C3(CCC3)N(c3ccc(-c4ccc(C)o4)cc3)C2=S)cc1C. The maximum absolute atomic E-state index is 13.6. The molecular formula is C24H20N4O2S. The number of pyridine rings is 1. The number of amides is 1. The van der Waals surface area contributed by atoms with E-state index in [-0.39, 0.29) is 5.91 Å². The van der Waals surface area contributed by atoms with Crippen LogP contribution < -0.4 is 9.80 Å². The highest BCUT2D eigenvalue weighted by Crippen LogP contribution is 2.48. The van der Waals surface area contributed by atoms with Crippen molar-refractivity contribution in [2.24, 2.45) is 0 Å². The maximum Gasteiger partial charge on any atom is 0.272 e. The first kappa shape index (κ1) is 19.5. The molecule has 2 fully saturated rings. The Morgan fingerprint density at radius 2 is 1.87 bits per heavy atom. The normalized spacial score (nSPS) is 17.2. The van der Waals surface area contributed by atoms with Crippen LogP contribution in [-0.2, 0) is 4.79 Å². The molecule has 0 radical (unpaired) electrons. The third-order valence-electron chi connectivity index (χ3n) is 6.14. The third-order valence-corrected chi connectivity index (χ3v) is 6.51. The van der Waals surface area contributed by atoms with E-state index in [0.29, 0.717) is 16.6 Å². The van der Waals surface area contributed by atoms with Crippen LogP contribution in [0, 0.1) is 20.4 Å². The fraction of sp³-hybridized carbons (Fsp3) is 0.250. The zero-order valence-electron chi connectivity index (χ0n) is 17.3. The van der Waals surface area contributed by atoms with Crippen molar-refractivity contribution < 1.29 is 9.21 Å². The molecule has 1 aliphatic heterocycles. The zero-order chi connectivity index (χ0) is 21.8. The van der Waals surface area contributed by atoms with Crippen LogP contribution in [0.15, 0.2) is 53.1 Å². The second-order valence-corrected chi connectivity index (χ2v) is 8.41. The van der Waals surface area contributed by atoms with Gasteiger partial charge < -0.3 is 14.2 Å². The van der Waals surface area contributed by atoms with E-state index in [1.54, 1.807) is 11.1 Å². The molecule has 1 saturated carbocycles. The Morgan fingerprint density at radius 1 is 1.13 bits per heavy atom. The molecule has 2 aromatic heterocycles. The van der Waals surface area contributed by atoms with Crippen molar-refractivity contribution in [2.75, 3.05) is 9.80 Å². The number of carbonyl (C=O) groups is 1. The van der Waals surface area contributed by atoms with E-state index in [4.69, 9.17) is 23.2 Å². The van der Waals surface area contributed by atoms with E-state index in [9.17, 15) is 4.79 Å². The van der Waals surface area contributed by atoms with Crippen LogP contribution in [0.4, 0.5) is 17.2 Å². The van der Waals surface area contributed by atoms with Gasteiger partial charge in [-0.1, -0.05) is 6.57 Å². The molecule has 1 aliphatic carbocycles. The van der Waals surface area contributed by atoms with E-state index in [1.807, 2.05) is 61.2 Å². The van der Waals surface area contributed by atoms with Gasteiger partial charge in [-0.15, -0.1) is 4.98 Å². The van der Waals surface area contributed by atoms with E-state index < -0.39 is 5.54 Å². The number of carbonyl (C=O) groups excluding carboxylic acids is 1. The average Bonchev–Trinajstić information content (AvgIpc) is 3.26. The van der Waals surface area contributed by atoms with Crippen LogP contribution in [0.5, 0.6) is 0 Å². The first-order valence-corrected chi connectivity index (χ1v) is 10.6. The summed E-state index contributed by atoms with van der Waals surface area (Å²) < 4.78 is 5.72. The van der Waals surface area contributed by atoms with Gasteiger partial charge in [-0.2, -0.15) is 0 Å². The Bertz CT molecular complexity index is 1250. The standard InChI is InChI=1S/C24H20N4O2S/c1-15-13-19(14-26-21(15)25-3)27-22(29)24(11-4-12-24)28(23(27)31)18-8-6-17(7-9-18)20-10-5-16(2)30-20/h5-10,13-14H,4,11-12H2,1-2H3. The highest BCUT2D eigenvalue weighted by atomic mass is 32.1. The minimum atomic E-state index is -0.647. The number of hydrogen-bond donors (Lipinski definition) is 0. The number of benzene rings is 1. The monoisotopic (exact) mass is 428 g/mol. The molecule has 7 heteroatoms. The Balaban J connectivity index is 1.53. The van der Waals surface area contributed by atoms with Gasteiger partial charge in [0.1, 0.15) is 23.3 Å². The Kier molecular flexibility index (Phi) is 4.42. The smallest absolute Gasteiger partial charge is 0.272 e. The van der Waals surface area contributed by atoms with E-state index in [1.165, 1.54) is 0 Å². The Morgan fingerprint density at radius 3 is 2.42 bits per heavy atom. The van der Waals surface area contributed by atoms with E-state index >= 15 is 0 Å². The van der Waals surface area contributed by atoms with Gasteiger partial charge in [0.2, 0.25) is 0 Å². The molecule has 31 heavy (non-hydrogen) atoms. The molecule has 3 aromatic rings. The van der Waals surface area contributed by atoms with Crippen LogP contribution in [0.2, 0.25) is 0 Å². The van der Waals surface area contributed by atoms with Crippen molar-refractivity contribution in [3.05, 3.63) is 71.4 Å². The Hall–Kier alpha value is -3.50. The molecule has 0 N–H and O–H groups in total. The maximum atomic E-state index is 13.6. The van der Waals surface area contributed by atoms with Crippen LogP contribution in [0.25, 0.3) is 16.2 Å². The topological polar surface area (TPSA) is 53.9 Å². The zero-order valence-corrected chi connectivity index (χ0v) is 18.1. The van der Waals surface area contributed by atoms with Crippen molar-refractivity contribution >= 4 is 40.4 Å². The van der Waals surface area contributed by atoms with Crippen LogP contribution in [0.1, 0.15) is 30.6 Å². The van der Waals surface area contributed by atoms with E-state index in [2.05, 4.69) is 9.83 Å². The summed E-state index contributed by atoms with van der Waals surface area (Å²) in [6.07, 6.45) is 4.06. The number of thiocarbonyl (C=S) groups is 1. The molecule has 1 amide bonds. The molecule has 1 aromatic carbocycles. The van der Waals surface area contributed by atoms with Gasteiger partial charge in [0.25, 0.3) is 11.7 Å². The largest absolute Gasteiger partial charge is 0.461 e. The van der Waals surface area contributed by atoms with Crippen molar-refractivity contribution in [1.29, 1.82) is 0 Å². The first-order valence-electron chi connectivity index (χ1n) is 10.1. The minimum Gasteiger partial charge on any atom is -0.461 e. The van der Waals surface area contributed by atoms with Crippen LogP contribution in [0.3, 0.4) is 0 Å². The van der Waals surface area contributed by atoms with Crippen molar-refractivity contribution in [3.8, 4) is 11.3 Å². The molecule has 1 spiro atoms. The van der Waals surface area contributed by atoms with Crippen LogP contribution >= 0.6 is 12.2 Å². The van der Waals surface area contributed by atoms with Crippen molar-refractivity contribution in [3.63, 3.8) is 0 Å². The van der Waals surface area contributed by atoms with Gasteiger partial charge in [-0.3, -0.25) is 9.69 Å². The van der Waals surface area contributed by atoms with Crippen LogP contribution in [-0.4, -0.2) is 21.5 Å². The molecule has 5 rings (SSSR count). The molecular weight excluding hydrogens is 408 g/mol. The molecule has 0 atom stereocenters. The number of hydrogen-bond acceptors (Lipinski definition) is 4. The second kappa shape index (κ2) is 7.03. The van der Waals surface area contributed by atoms with Gasteiger partial charge in [-0.25, -0.2) is 0 Å². The lowest BCUT2D eigenvalue weighted by atomic mass is 9.75. The quantitative estimate of drug-likeness (QED) is 0.403. The fourth-order valence-corrected chi connectivity index (χ4v) is 4.83. The average molecular weight is 429 g/mol. The molecule has 3 heterocycles. The fourth-order valence-electron chi connectivity index (χ4n) is 4.36. The predicted octanol–water partition coefficient (Wildman–Crippen LogP) is 5.57. The number of aryl methyl sites for hydroxylation is 2. The number of anilines is 2. The summed E-state index contributed by atoms with van der Waals surface area (Å²) in [4.78, 5) is 24.7. The molecule has 154 valence electrons. The van der Waals surface area contributed by atoms with Gasteiger partial charge in [-0.05, 0) is 93.4 Å². The number of nitrogens with zero attached hydrogens (tertiary/aromatic N) is 4. The number of aromatic nitrogens is 1. The van der Waals surface area contributed by atoms with E-state index in [0.717, 1.165) is 47.6 Å². The summed E-state index contributed by atoms with van der Waals surface area (Å²) in [5.74, 6) is 1.99. The number of rotatable bonds is 3. The Labute approximate surface area is 185 Å². The summed E-state index contributed by atoms with van der Waals surface area (Å²) in [5.41, 5.74) is 2.54. The summed E-state index contributed by atoms with van der Waals surface area (Å²) in [7, 11) is 0. The van der Waals surface area contributed by atoms with Crippen molar-refractivity contribution in [2.45, 2.75) is 38.6 Å². The molecule has 6 nitrogen and oxygen atoms in total. The lowest BCUT2D eigenvalue weighted by molar-refractivity contribution is -0.123. The third kappa shape index (κ3) is 2.87. The summed E-state index contributed by atoms with van der Waals surface area (Å²) in [6, 6.07) is 13.7. The summed E-state index contributed by atoms with van der Waals surface area (Å²) >= 11 is 5.81. The lowest BCUT2D eigenvalue weighted by Gasteiger charge is -2.43. The minimum absolute atomic E-state index is 0.0220. The van der Waals surface area contributed by atoms with Gasteiger partial charge in [0, 0.05) is 11.3 Å². The highest BCUT2D eigenvalue weighted by Gasteiger charge is 2.59. The molecule has 1 saturated heterocycles. The highest BCUT2D eigenvalue weighted by molar-refractivity contribution is 7.81.